The highest BCUT2D eigenvalue weighted by Crippen LogP contribution is 2.36. The Morgan fingerprint density at radius 3 is 1.75 bits per heavy atom. The highest BCUT2D eigenvalue weighted by molar-refractivity contribution is 9.13. The van der Waals surface area contributed by atoms with E-state index in [9.17, 15) is 39.9 Å². The molecule has 14 nitrogen and oxygen atoms in total. The minimum absolute atomic E-state index is 0.0529. The van der Waals surface area contributed by atoms with Gasteiger partial charge in [-0.25, -0.2) is 9.59 Å². The van der Waals surface area contributed by atoms with E-state index < -0.39 is 41.7 Å². The maximum absolute atomic E-state index is 11.5. The molecule has 0 saturated carbocycles. The predicted molar refractivity (Wildman–Crippen MR) is 140 cm³/mol. The summed E-state index contributed by atoms with van der Waals surface area (Å²) in [5.74, 6) is 0. The smallest absolute Gasteiger partial charge is 0.428 e. The summed E-state index contributed by atoms with van der Waals surface area (Å²) in [7, 11) is -0.167. The van der Waals surface area contributed by atoms with Crippen LogP contribution in [-0.4, -0.2) is 69.8 Å². The summed E-state index contributed by atoms with van der Waals surface area (Å²) >= 11 is 17.7. The molecule has 0 saturated heterocycles. The zero-order valence-electron chi connectivity index (χ0n) is 18.0. The first-order valence-electron chi connectivity index (χ1n) is 9.45. The first-order chi connectivity index (χ1) is 16.7. The van der Waals surface area contributed by atoms with E-state index in [2.05, 4.69) is 42.5 Å². The summed E-state index contributed by atoms with van der Waals surface area (Å²) in [5, 5.41) is 46.5. The second-order valence-electron chi connectivity index (χ2n) is 7.31. The van der Waals surface area contributed by atoms with Gasteiger partial charge in [-0.15, -0.1) is 0 Å². The molecule has 2 aromatic carbocycles. The highest BCUT2D eigenvalue weighted by atomic mass is 79.9. The van der Waals surface area contributed by atoms with Crippen molar-refractivity contribution in [2.45, 2.75) is 0 Å². The van der Waals surface area contributed by atoms with Crippen LogP contribution in [0.3, 0.4) is 0 Å². The average Bonchev–Trinajstić information content (AvgIpc) is 2.79. The van der Waals surface area contributed by atoms with E-state index in [-0.39, 0.29) is 42.5 Å². The third-order valence-electron chi connectivity index (χ3n) is 5.21. The van der Waals surface area contributed by atoms with Gasteiger partial charge in [0, 0.05) is 24.3 Å². The topological polar surface area (TPSA) is 191 Å². The van der Waals surface area contributed by atoms with Gasteiger partial charge in [0.15, 0.2) is 0 Å². The summed E-state index contributed by atoms with van der Waals surface area (Å²) in [6, 6.07) is 1.64. The molecule has 0 radical (unpaired) electrons. The molecule has 0 aliphatic carbocycles. The maximum atomic E-state index is 11.5. The van der Waals surface area contributed by atoms with Gasteiger partial charge < -0.3 is 30.3 Å². The Morgan fingerprint density at radius 2 is 1.31 bits per heavy atom. The monoisotopic (exact) mass is 666 g/mol. The number of nitrogens with zero attached hydrogens (tertiary/aromatic N) is 4. The number of amides is 4. The summed E-state index contributed by atoms with van der Waals surface area (Å²) in [6.45, 7) is 0. The third kappa shape index (κ3) is 4.83. The standard InChI is InChI=1S/C8H6BBr2N3O4.C8H6BCl2N3O4/c2*1-13-8(15)12-4-2-3(10)6(11)7(14(17)18)5(4)9(13)16/h2*2,16H,1H3,(H,12,15). The number of hydrogen-bond donors (Lipinski definition) is 4. The van der Waals surface area contributed by atoms with Crippen molar-refractivity contribution in [3.63, 3.8) is 0 Å². The molecule has 2 aliphatic heterocycles. The summed E-state index contributed by atoms with van der Waals surface area (Å²) in [5.41, 5.74) is -0.537. The van der Waals surface area contributed by atoms with E-state index in [1.54, 1.807) is 0 Å². The van der Waals surface area contributed by atoms with Gasteiger partial charge in [0.1, 0.15) is 9.50 Å². The summed E-state index contributed by atoms with van der Waals surface area (Å²) in [6.07, 6.45) is 0. The number of urea groups is 2. The number of rotatable bonds is 2. The van der Waals surface area contributed by atoms with Gasteiger partial charge in [-0.05, 0) is 44.0 Å². The van der Waals surface area contributed by atoms with Crippen LogP contribution >= 0.6 is 55.1 Å². The molecule has 0 aromatic heterocycles. The van der Waals surface area contributed by atoms with E-state index in [4.69, 9.17) is 23.2 Å². The molecule has 4 amide bonds. The molecule has 0 unspecified atom stereocenters. The van der Waals surface area contributed by atoms with Crippen LogP contribution in [0.2, 0.25) is 10.0 Å². The summed E-state index contributed by atoms with van der Waals surface area (Å²) < 4.78 is 0.639. The number of halogens is 4. The van der Waals surface area contributed by atoms with Crippen molar-refractivity contribution in [3.05, 3.63) is 51.4 Å². The molecule has 0 spiro atoms. The number of nitro benzene ring substituents is 2. The first kappa shape index (κ1) is 27.9. The fourth-order valence-electron chi connectivity index (χ4n) is 3.36. The molecule has 2 aromatic rings. The van der Waals surface area contributed by atoms with Crippen LogP contribution in [-0.2, 0) is 0 Å². The van der Waals surface area contributed by atoms with Crippen LogP contribution in [0.5, 0.6) is 0 Å². The molecule has 0 atom stereocenters. The Labute approximate surface area is 229 Å². The van der Waals surface area contributed by atoms with E-state index in [0.29, 0.717) is 4.47 Å². The molecule has 4 rings (SSSR count). The molecule has 20 heteroatoms. The number of anilines is 2. The van der Waals surface area contributed by atoms with E-state index >= 15 is 0 Å². The lowest BCUT2D eigenvalue weighted by molar-refractivity contribution is -0.384. The number of hydrogen-bond acceptors (Lipinski definition) is 8. The highest BCUT2D eigenvalue weighted by Gasteiger charge is 2.42. The third-order valence-corrected chi connectivity index (χ3v) is 7.94. The largest absolute Gasteiger partial charge is 0.462 e. The van der Waals surface area contributed by atoms with Gasteiger partial charge in [0.2, 0.25) is 0 Å². The molecular weight excluding hydrogens is 657 g/mol. The van der Waals surface area contributed by atoms with Crippen molar-refractivity contribution < 1.29 is 29.5 Å². The van der Waals surface area contributed by atoms with Gasteiger partial charge in [0.25, 0.3) is 11.4 Å². The lowest BCUT2D eigenvalue weighted by atomic mass is 9.69. The number of nitrogens with one attached hydrogen (secondary N) is 2. The SMILES string of the molecule is CN1B(O)c2c(cc(Br)c(Br)c2[N+](=O)[O-])NC1=O.CN1B(O)c2c(cc(Cl)c(Cl)c2[N+](=O)[O-])NC1=O. The van der Waals surface area contributed by atoms with Gasteiger partial charge in [-0.2, -0.15) is 0 Å². The molecule has 2 heterocycles. The molecule has 36 heavy (non-hydrogen) atoms. The second kappa shape index (κ2) is 10.4. The van der Waals surface area contributed by atoms with Crippen LogP contribution in [0.1, 0.15) is 0 Å². The lowest BCUT2D eigenvalue weighted by Gasteiger charge is -2.28. The minimum Gasteiger partial charge on any atom is -0.428 e. The van der Waals surface area contributed by atoms with Gasteiger partial charge in [-0.1, -0.05) is 23.2 Å². The molecule has 4 N–H and O–H groups in total. The fourth-order valence-corrected chi connectivity index (χ4v) is 4.67. The van der Waals surface area contributed by atoms with Crippen LogP contribution in [0.25, 0.3) is 0 Å². The Kier molecular flexibility index (Phi) is 8.07. The fraction of sp³-hybridized carbons (Fsp3) is 0.125. The van der Waals surface area contributed by atoms with Crippen molar-refractivity contribution in [3.8, 4) is 0 Å². The zero-order chi connectivity index (χ0) is 27.2. The predicted octanol–water partition coefficient (Wildman–Crippen LogP) is 2.35. The van der Waals surface area contributed by atoms with Crippen LogP contribution in [0.15, 0.2) is 21.1 Å². The Morgan fingerprint density at radius 1 is 0.889 bits per heavy atom. The van der Waals surface area contributed by atoms with Crippen molar-refractivity contribution in [2.75, 3.05) is 24.7 Å². The molecule has 2 aliphatic rings. The Hall–Kier alpha value is -2.63. The molecular formula is C16H12B2Br2Cl2N6O8. The van der Waals surface area contributed by atoms with Crippen molar-refractivity contribution in [1.29, 1.82) is 0 Å². The van der Waals surface area contributed by atoms with Crippen LogP contribution < -0.4 is 21.6 Å². The zero-order valence-corrected chi connectivity index (χ0v) is 22.6. The minimum atomic E-state index is -1.45. The van der Waals surface area contributed by atoms with E-state index in [1.165, 1.54) is 26.2 Å². The van der Waals surface area contributed by atoms with Crippen molar-refractivity contribution in [1.82, 2.24) is 9.62 Å². The molecule has 188 valence electrons. The van der Waals surface area contributed by atoms with Crippen molar-refractivity contribution in [2.24, 2.45) is 0 Å². The first-order valence-corrected chi connectivity index (χ1v) is 11.8. The van der Waals surface area contributed by atoms with Gasteiger partial charge in [0.05, 0.1) is 31.5 Å². The van der Waals surface area contributed by atoms with Gasteiger partial charge in [-0.3, -0.25) is 20.2 Å². The van der Waals surface area contributed by atoms with Crippen LogP contribution in [0, 0.1) is 20.2 Å². The maximum Gasteiger partial charge on any atom is 0.462 e. The Bertz CT molecular complexity index is 1240. The number of fused-ring (bicyclic) bond motifs is 2. The van der Waals surface area contributed by atoms with E-state index in [1.807, 2.05) is 0 Å². The van der Waals surface area contributed by atoms with Gasteiger partial charge >= 0.3 is 26.2 Å². The van der Waals surface area contributed by atoms with E-state index in [0.717, 1.165) is 9.62 Å². The number of carbonyl (C=O) groups is 2. The quantitative estimate of drug-likeness (QED) is 0.213. The molecule has 0 fully saturated rings. The Balaban J connectivity index is 0.000000201. The number of nitro groups is 2. The number of benzene rings is 2. The van der Waals surface area contributed by atoms with Crippen LogP contribution in [0.4, 0.5) is 32.3 Å². The van der Waals surface area contributed by atoms with Crippen molar-refractivity contribution >= 4 is 115 Å². The average molecular weight is 669 g/mol. The summed E-state index contributed by atoms with van der Waals surface area (Å²) in [4.78, 5) is 45.6. The normalized spacial score (nSPS) is 14.3. The molecule has 0 bridgehead atoms. The number of carbonyl (C=O) groups excluding carboxylic acids is 2. The second-order valence-corrected chi connectivity index (χ2v) is 9.74. The lowest BCUT2D eigenvalue weighted by Crippen LogP contribution is -2.56.